The fourth-order valence-electron chi connectivity index (χ4n) is 3.94. The van der Waals surface area contributed by atoms with Gasteiger partial charge in [0.05, 0.1) is 15.7 Å². The molecule has 24 heavy (non-hydrogen) atoms. The average Bonchev–Trinajstić information content (AvgIpc) is 2.57. The second-order valence-electron chi connectivity index (χ2n) is 7.79. The highest BCUT2D eigenvalue weighted by Crippen LogP contribution is 2.34. The molecule has 1 saturated carbocycles. The highest BCUT2D eigenvalue weighted by atomic mass is 35.5. The Hall–Kier alpha value is -0.480. The summed E-state index contributed by atoms with van der Waals surface area (Å²) in [7, 11) is 0. The first-order chi connectivity index (χ1) is 11.4. The van der Waals surface area contributed by atoms with E-state index in [2.05, 4.69) is 22.8 Å². The second-order valence-corrected chi connectivity index (χ2v) is 8.57. The van der Waals surface area contributed by atoms with Crippen molar-refractivity contribution in [1.82, 2.24) is 4.90 Å². The number of nitrogens with zero attached hydrogens (tertiary/aromatic N) is 2. The summed E-state index contributed by atoms with van der Waals surface area (Å²) < 4.78 is 0. The maximum absolute atomic E-state index is 6.35. The number of rotatable bonds is 4. The fraction of sp³-hybridized carbons (Fsp3) is 0.684. The molecule has 5 heteroatoms. The van der Waals surface area contributed by atoms with Crippen molar-refractivity contribution in [3.63, 3.8) is 0 Å². The third kappa shape index (κ3) is 4.57. The van der Waals surface area contributed by atoms with Crippen molar-refractivity contribution >= 4 is 28.9 Å². The molecule has 2 fully saturated rings. The zero-order valence-electron chi connectivity index (χ0n) is 14.6. The van der Waals surface area contributed by atoms with Crippen molar-refractivity contribution in [3.05, 3.63) is 28.2 Å². The van der Waals surface area contributed by atoms with E-state index >= 15 is 0 Å². The Morgan fingerprint density at radius 1 is 1.12 bits per heavy atom. The molecule has 3 rings (SSSR count). The lowest BCUT2D eigenvalue weighted by molar-refractivity contribution is 0.196. The molecule has 1 heterocycles. The minimum Gasteiger partial charge on any atom is -0.368 e. The summed E-state index contributed by atoms with van der Waals surface area (Å²) in [6.45, 7) is 7.65. The van der Waals surface area contributed by atoms with Crippen LogP contribution in [0.4, 0.5) is 5.69 Å². The largest absolute Gasteiger partial charge is 0.368 e. The molecule has 0 bridgehead atoms. The topological polar surface area (TPSA) is 32.5 Å². The third-order valence-corrected chi connectivity index (χ3v) is 6.55. The van der Waals surface area contributed by atoms with Crippen LogP contribution < -0.4 is 10.6 Å². The number of nitrogens with two attached hydrogens (primary N) is 1. The van der Waals surface area contributed by atoms with Crippen LogP contribution in [0.2, 0.25) is 10.0 Å². The molecule has 0 aromatic heterocycles. The van der Waals surface area contributed by atoms with E-state index in [1.165, 1.54) is 38.6 Å². The van der Waals surface area contributed by atoms with E-state index in [0.29, 0.717) is 10.0 Å². The summed E-state index contributed by atoms with van der Waals surface area (Å²) in [5, 5.41) is 1.32. The summed E-state index contributed by atoms with van der Waals surface area (Å²) in [5.74, 6) is 0.863. The maximum atomic E-state index is 6.35. The minimum atomic E-state index is 0.0817. The van der Waals surface area contributed by atoms with E-state index in [4.69, 9.17) is 28.9 Å². The summed E-state index contributed by atoms with van der Waals surface area (Å²) in [6, 6.07) is 5.89. The molecule has 0 unspecified atom stereocenters. The van der Waals surface area contributed by atoms with Gasteiger partial charge in [-0.2, -0.15) is 0 Å². The van der Waals surface area contributed by atoms with Gasteiger partial charge in [0.25, 0.3) is 0 Å². The fourth-order valence-corrected chi connectivity index (χ4v) is 4.35. The molecule has 0 spiro atoms. The van der Waals surface area contributed by atoms with Crippen LogP contribution in [-0.4, -0.2) is 43.2 Å². The molecule has 1 aromatic rings. The van der Waals surface area contributed by atoms with Crippen LogP contribution in [0, 0.1) is 5.92 Å². The molecular weight excluding hydrogens is 341 g/mol. The second kappa shape index (κ2) is 7.82. The maximum Gasteiger partial charge on any atom is 0.0825 e. The molecule has 1 aromatic carbocycles. The zero-order chi connectivity index (χ0) is 17.2. The Bertz CT molecular complexity index is 544. The first kappa shape index (κ1) is 18.3. The number of hydrogen-bond acceptors (Lipinski definition) is 3. The van der Waals surface area contributed by atoms with Crippen molar-refractivity contribution < 1.29 is 0 Å². The highest BCUT2D eigenvalue weighted by molar-refractivity contribution is 6.43. The number of anilines is 1. The zero-order valence-corrected chi connectivity index (χ0v) is 16.1. The smallest absolute Gasteiger partial charge is 0.0825 e. The van der Waals surface area contributed by atoms with Crippen LogP contribution in [0.25, 0.3) is 0 Å². The van der Waals surface area contributed by atoms with Crippen LogP contribution in [-0.2, 0) is 0 Å². The Morgan fingerprint density at radius 3 is 2.46 bits per heavy atom. The van der Waals surface area contributed by atoms with Gasteiger partial charge in [0.1, 0.15) is 0 Å². The third-order valence-electron chi connectivity index (χ3n) is 5.75. The van der Waals surface area contributed by atoms with Crippen molar-refractivity contribution in [2.75, 3.05) is 37.6 Å². The SMILES string of the molecule is CC1(N)CCC(CCN2CCN(c3cccc(Cl)c3Cl)CC2)CC1. The summed E-state index contributed by atoms with van der Waals surface area (Å²) in [5.41, 5.74) is 7.39. The van der Waals surface area contributed by atoms with Gasteiger partial charge in [0.2, 0.25) is 0 Å². The molecule has 0 radical (unpaired) electrons. The van der Waals surface area contributed by atoms with E-state index in [1.807, 2.05) is 12.1 Å². The lowest BCUT2D eigenvalue weighted by Crippen LogP contribution is -2.47. The Labute approximate surface area is 156 Å². The van der Waals surface area contributed by atoms with Crippen LogP contribution in [0.15, 0.2) is 18.2 Å². The van der Waals surface area contributed by atoms with Gasteiger partial charge in [-0.05, 0) is 63.6 Å². The van der Waals surface area contributed by atoms with Gasteiger partial charge >= 0.3 is 0 Å². The number of halogens is 2. The summed E-state index contributed by atoms with van der Waals surface area (Å²) in [4.78, 5) is 4.94. The van der Waals surface area contributed by atoms with E-state index in [0.717, 1.165) is 37.8 Å². The number of hydrogen-bond donors (Lipinski definition) is 1. The monoisotopic (exact) mass is 369 g/mol. The predicted octanol–water partition coefficient (Wildman–Crippen LogP) is 4.41. The minimum absolute atomic E-state index is 0.0817. The van der Waals surface area contributed by atoms with Gasteiger partial charge < -0.3 is 10.6 Å². The lowest BCUT2D eigenvalue weighted by atomic mass is 9.77. The lowest BCUT2D eigenvalue weighted by Gasteiger charge is -2.38. The van der Waals surface area contributed by atoms with Crippen LogP contribution in [0.1, 0.15) is 39.0 Å². The van der Waals surface area contributed by atoms with Crippen molar-refractivity contribution in [1.29, 1.82) is 0 Å². The standard InChI is InChI=1S/C19H29Cl2N3/c1-19(22)8-5-15(6-9-19)7-10-23-11-13-24(14-12-23)17-4-2-3-16(20)18(17)21/h2-4,15H,5-14,22H2,1H3. The molecule has 3 nitrogen and oxygen atoms in total. The molecule has 1 saturated heterocycles. The van der Waals surface area contributed by atoms with Crippen molar-refractivity contribution in [3.8, 4) is 0 Å². The molecular formula is C19H29Cl2N3. The molecule has 1 aliphatic carbocycles. The van der Waals surface area contributed by atoms with Gasteiger partial charge in [0.15, 0.2) is 0 Å². The number of benzene rings is 1. The molecule has 2 aliphatic rings. The molecule has 134 valence electrons. The van der Waals surface area contributed by atoms with Gasteiger partial charge in [-0.15, -0.1) is 0 Å². The summed E-state index contributed by atoms with van der Waals surface area (Å²) >= 11 is 12.5. The Kier molecular flexibility index (Phi) is 5.97. The Morgan fingerprint density at radius 2 is 1.79 bits per heavy atom. The van der Waals surface area contributed by atoms with Crippen LogP contribution in [0.5, 0.6) is 0 Å². The van der Waals surface area contributed by atoms with E-state index < -0.39 is 0 Å². The van der Waals surface area contributed by atoms with Gasteiger partial charge in [0, 0.05) is 31.7 Å². The van der Waals surface area contributed by atoms with Gasteiger partial charge in [-0.25, -0.2) is 0 Å². The summed E-state index contributed by atoms with van der Waals surface area (Å²) in [6.07, 6.45) is 6.27. The van der Waals surface area contributed by atoms with Crippen LogP contribution in [0.3, 0.4) is 0 Å². The molecule has 1 aliphatic heterocycles. The van der Waals surface area contributed by atoms with Crippen molar-refractivity contribution in [2.45, 2.75) is 44.6 Å². The van der Waals surface area contributed by atoms with Crippen molar-refractivity contribution in [2.24, 2.45) is 11.7 Å². The molecule has 0 atom stereocenters. The van der Waals surface area contributed by atoms with E-state index in [1.54, 1.807) is 0 Å². The molecule has 0 amide bonds. The highest BCUT2D eigenvalue weighted by Gasteiger charge is 2.27. The number of piperazine rings is 1. The van der Waals surface area contributed by atoms with E-state index in [9.17, 15) is 0 Å². The molecule has 2 N–H and O–H groups in total. The Balaban J connectivity index is 1.43. The van der Waals surface area contributed by atoms with Crippen LogP contribution >= 0.6 is 23.2 Å². The first-order valence-corrected chi connectivity index (χ1v) is 9.90. The quantitative estimate of drug-likeness (QED) is 0.852. The average molecular weight is 370 g/mol. The van der Waals surface area contributed by atoms with E-state index in [-0.39, 0.29) is 5.54 Å². The van der Waals surface area contributed by atoms with Gasteiger partial charge in [-0.1, -0.05) is 29.3 Å². The normalized spacial score (nSPS) is 29.0. The predicted molar refractivity (Wildman–Crippen MR) is 104 cm³/mol. The first-order valence-electron chi connectivity index (χ1n) is 9.15. The van der Waals surface area contributed by atoms with Gasteiger partial charge in [-0.3, -0.25) is 4.90 Å².